The summed E-state index contributed by atoms with van der Waals surface area (Å²) in [5.74, 6) is -2.95. The highest BCUT2D eigenvalue weighted by Gasteiger charge is 2.42. The Morgan fingerprint density at radius 2 is 1.84 bits per heavy atom. The van der Waals surface area contributed by atoms with Crippen molar-refractivity contribution in [3.05, 3.63) is 35.1 Å². The molecule has 0 radical (unpaired) electrons. The van der Waals surface area contributed by atoms with Crippen molar-refractivity contribution in [2.75, 3.05) is 0 Å². The molecule has 2 N–H and O–H groups in total. The number of halogens is 6. The Labute approximate surface area is 253 Å². The lowest BCUT2D eigenvalue weighted by atomic mass is 9.90. The first kappa shape index (κ1) is 33.8. The average molecular weight is 669 g/mol. The fourth-order valence-corrected chi connectivity index (χ4v) is 7.42. The van der Waals surface area contributed by atoms with Gasteiger partial charge in [-0.25, -0.2) is 26.6 Å². The summed E-state index contributed by atoms with van der Waals surface area (Å²) in [4.78, 5) is 14.8. The quantitative estimate of drug-likeness (QED) is 0.198. The van der Waals surface area contributed by atoms with Crippen LogP contribution in [0.5, 0.6) is 0 Å². The fourth-order valence-electron chi connectivity index (χ4n) is 4.97. The number of benzene rings is 1. The highest BCUT2D eigenvalue weighted by atomic mass is 32.2. The number of alkyl halides is 5. The highest BCUT2D eigenvalue weighted by molar-refractivity contribution is 7.89. The van der Waals surface area contributed by atoms with E-state index in [0.717, 1.165) is 50.0 Å². The van der Waals surface area contributed by atoms with Gasteiger partial charge in [0.25, 0.3) is 12.3 Å². The number of carboxylic acids is 1. The summed E-state index contributed by atoms with van der Waals surface area (Å²) < 4.78 is 117. The van der Waals surface area contributed by atoms with E-state index in [9.17, 15) is 40.3 Å². The number of hydrogen-bond acceptors (Lipinski definition) is 8. The van der Waals surface area contributed by atoms with E-state index in [0.29, 0.717) is 18.2 Å². The van der Waals surface area contributed by atoms with Crippen molar-refractivity contribution in [2.45, 2.75) is 89.3 Å². The van der Waals surface area contributed by atoms with Gasteiger partial charge in [0.1, 0.15) is 10.9 Å². The van der Waals surface area contributed by atoms with Gasteiger partial charge in [-0.1, -0.05) is 38.7 Å². The molecule has 0 aliphatic heterocycles. The van der Waals surface area contributed by atoms with Crippen LogP contribution in [0, 0.1) is 17.2 Å². The van der Waals surface area contributed by atoms with Crippen LogP contribution in [0.2, 0.25) is 0 Å². The largest absolute Gasteiger partial charge is 0.481 e. The number of nitrogens with zero attached hydrogens (tertiary/aromatic N) is 3. The molecule has 1 fully saturated rings. The summed E-state index contributed by atoms with van der Waals surface area (Å²) in [5.41, 5.74) is -2.60. The van der Waals surface area contributed by atoms with Crippen molar-refractivity contribution in [3.8, 4) is 21.3 Å². The van der Waals surface area contributed by atoms with E-state index in [1.165, 1.54) is 18.6 Å². The van der Waals surface area contributed by atoms with Gasteiger partial charge in [0.2, 0.25) is 15.9 Å². The molecule has 0 saturated heterocycles. The topological polar surface area (TPSA) is 135 Å². The summed E-state index contributed by atoms with van der Waals surface area (Å²) in [7, 11) is -5.19. The molecular formula is C27H30F6N4O5S2. The highest BCUT2D eigenvalue weighted by Crippen LogP contribution is 2.44. The lowest BCUT2D eigenvalue weighted by Gasteiger charge is -2.21. The van der Waals surface area contributed by atoms with E-state index in [1.54, 1.807) is 0 Å². The zero-order valence-corrected chi connectivity index (χ0v) is 25.5. The number of aliphatic carboxylic acids is 1. The maximum absolute atomic E-state index is 15.6. The van der Waals surface area contributed by atoms with E-state index in [-0.39, 0.29) is 39.6 Å². The Morgan fingerprint density at radius 3 is 2.41 bits per heavy atom. The molecule has 0 spiro atoms. The Balaban J connectivity index is 1.80. The molecule has 9 nitrogen and oxygen atoms in total. The Bertz CT molecular complexity index is 1610. The van der Waals surface area contributed by atoms with Gasteiger partial charge in [-0.3, -0.25) is 4.79 Å². The van der Waals surface area contributed by atoms with Crippen LogP contribution in [0.25, 0.3) is 21.3 Å². The number of aromatic nitrogens is 3. The van der Waals surface area contributed by atoms with Gasteiger partial charge in [-0.15, -0.1) is 21.5 Å². The van der Waals surface area contributed by atoms with Crippen molar-refractivity contribution in [1.82, 2.24) is 19.9 Å². The van der Waals surface area contributed by atoms with Gasteiger partial charge in [0.15, 0.2) is 10.8 Å². The lowest BCUT2D eigenvalue weighted by molar-refractivity contribution is -0.151. The molecule has 3 aromatic rings. The van der Waals surface area contributed by atoms with E-state index in [4.69, 9.17) is 4.42 Å². The van der Waals surface area contributed by atoms with E-state index in [1.807, 2.05) is 0 Å². The Hall–Kier alpha value is -3.05. The molecule has 1 aliphatic carbocycles. The van der Waals surface area contributed by atoms with E-state index in [2.05, 4.69) is 15.2 Å². The normalized spacial score (nSPS) is 15.8. The minimum atomic E-state index is -5.19. The summed E-state index contributed by atoms with van der Waals surface area (Å²) in [6.07, 6.45) is -5.42. The van der Waals surface area contributed by atoms with Crippen LogP contribution in [-0.4, -0.2) is 46.9 Å². The summed E-state index contributed by atoms with van der Waals surface area (Å²) in [6.45, 7) is 3.99. The van der Waals surface area contributed by atoms with Crippen molar-refractivity contribution in [1.29, 1.82) is 0 Å². The molecule has 1 aliphatic rings. The smallest absolute Gasteiger partial charge is 0.404 e. The van der Waals surface area contributed by atoms with Gasteiger partial charge in [-0.2, -0.15) is 17.9 Å². The van der Waals surface area contributed by atoms with Crippen molar-refractivity contribution in [3.63, 3.8) is 0 Å². The van der Waals surface area contributed by atoms with Crippen molar-refractivity contribution < 1.29 is 49.1 Å². The molecule has 1 atom stereocenters. The zero-order chi connectivity index (χ0) is 32.6. The van der Waals surface area contributed by atoms with Crippen LogP contribution in [0.3, 0.4) is 0 Å². The second-order valence-electron chi connectivity index (χ2n) is 11.3. The average Bonchev–Trinajstić information content (AvgIpc) is 3.67. The third kappa shape index (κ3) is 7.25. The Kier molecular flexibility index (Phi) is 9.80. The number of sulfonamides is 1. The van der Waals surface area contributed by atoms with Crippen LogP contribution in [0.15, 0.2) is 21.4 Å². The number of carbonyl (C=O) groups is 1. The first-order valence-corrected chi connectivity index (χ1v) is 16.0. The zero-order valence-electron chi connectivity index (χ0n) is 23.8. The molecule has 4 rings (SSSR count). The molecule has 2 heterocycles. The predicted molar refractivity (Wildman–Crippen MR) is 147 cm³/mol. The molecule has 242 valence electrons. The van der Waals surface area contributed by atoms with Gasteiger partial charge in [0, 0.05) is 12.0 Å². The number of thiazole rings is 1. The fraction of sp³-hybridized carbons (Fsp3) is 0.556. The molecule has 0 unspecified atom stereocenters. The molecule has 1 saturated carbocycles. The van der Waals surface area contributed by atoms with Crippen LogP contribution in [-0.2, 0) is 27.7 Å². The second-order valence-corrected chi connectivity index (χ2v) is 14.0. The first-order valence-electron chi connectivity index (χ1n) is 13.7. The lowest BCUT2D eigenvalue weighted by Crippen LogP contribution is -2.45. The van der Waals surface area contributed by atoms with Gasteiger partial charge in [0.05, 0.1) is 21.5 Å². The van der Waals surface area contributed by atoms with Crippen molar-refractivity contribution >= 4 is 27.3 Å². The minimum absolute atomic E-state index is 0.00731. The third-order valence-electron chi connectivity index (χ3n) is 7.47. The van der Waals surface area contributed by atoms with Gasteiger partial charge >= 0.3 is 12.1 Å². The maximum Gasteiger partial charge on any atom is 0.404 e. The Morgan fingerprint density at radius 1 is 1.18 bits per heavy atom. The molecule has 0 amide bonds. The molecular weight excluding hydrogens is 638 g/mol. The summed E-state index contributed by atoms with van der Waals surface area (Å²) in [6, 6.07) is -0.971. The molecule has 0 bridgehead atoms. The predicted octanol–water partition coefficient (Wildman–Crippen LogP) is 6.94. The van der Waals surface area contributed by atoms with E-state index >= 15 is 4.39 Å². The monoisotopic (exact) mass is 668 g/mol. The SMILES string of the molecule is CC[C@H](NS(=O)(=O)c1ccc(-c2sc(-c3nnc(CC(C)(C)C(=O)O)o3)nc2CC2CCCC2)c(C(F)F)c1F)C(F)(F)F. The summed E-state index contributed by atoms with van der Waals surface area (Å²) >= 11 is 0.820. The van der Waals surface area contributed by atoms with Crippen LogP contribution < -0.4 is 4.72 Å². The maximum atomic E-state index is 15.6. The number of carboxylic acid groups (broad SMARTS) is 1. The second kappa shape index (κ2) is 12.7. The third-order valence-corrected chi connectivity index (χ3v) is 10.1. The van der Waals surface area contributed by atoms with Crippen LogP contribution >= 0.6 is 11.3 Å². The van der Waals surface area contributed by atoms with Crippen LogP contribution in [0.1, 0.15) is 76.4 Å². The number of hydrogen-bond donors (Lipinski definition) is 2. The van der Waals surface area contributed by atoms with Gasteiger partial charge < -0.3 is 9.52 Å². The molecule has 2 aromatic heterocycles. The standard InChI is InChI=1S/C27H30F6N4O5S2/c1-4-17(27(31,32)33)37-44(40,41)16-10-9-14(19(20(16)28)22(29)30)21-15(11-13-7-5-6-8-13)34-24(43-21)23-36-35-18(42-23)12-26(2,3)25(38)39/h9-10,13,17,22,37H,4-8,11-12H2,1-3H3,(H,38,39)/t17-/m0/s1. The molecule has 1 aromatic carbocycles. The van der Waals surface area contributed by atoms with E-state index < -0.39 is 62.7 Å². The van der Waals surface area contributed by atoms with Crippen LogP contribution in [0.4, 0.5) is 26.3 Å². The number of rotatable bonds is 12. The number of nitrogens with one attached hydrogen (secondary N) is 1. The minimum Gasteiger partial charge on any atom is -0.481 e. The first-order chi connectivity index (χ1) is 20.4. The van der Waals surface area contributed by atoms with Crippen molar-refractivity contribution in [2.24, 2.45) is 11.3 Å². The molecule has 17 heteroatoms. The summed E-state index contributed by atoms with van der Waals surface area (Å²) in [5, 5.41) is 17.3. The van der Waals surface area contributed by atoms with Gasteiger partial charge in [-0.05, 0) is 38.7 Å². The molecule has 44 heavy (non-hydrogen) atoms.